The topological polar surface area (TPSA) is 82.5 Å². The number of carbonyl (C=O) groups excluding carboxylic acids is 1. The number of aromatic nitrogens is 2. The largest absolute Gasteiger partial charge is 0.335 e. The van der Waals surface area contributed by atoms with Crippen LogP contribution in [0.15, 0.2) is 91.1 Å². The van der Waals surface area contributed by atoms with Gasteiger partial charge in [-0.25, -0.2) is 4.68 Å². The molecule has 1 aromatic heterocycles. The summed E-state index contributed by atoms with van der Waals surface area (Å²) in [6.07, 6.45) is 5.48. The van der Waals surface area contributed by atoms with Crippen molar-refractivity contribution >= 4 is 19.3 Å². The number of nitrogens with one attached hydrogen (secondary N) is 1. The minimum atomic E-state index is -3.28. The molecule has 0 unspecified atom stereocenters. The molecule has 1 N–H and O–H groups in total. The van der Waals surface area contributed by atoms with Gasteiger partial charge < -0.3 is 14.4 Å². The molecule has 1 heterocycles. The smallest absolute Gasteiger partial charge is 0.308 e. The first-order chi connectivity index (χ1) is 19.0. The molecular weight excluding hydrogens is 509 g/mol. The fourth-order valence-electron chi connectivity index (χ4n) is 4.05. The highest BCUT2D eigenvalue weighted by atomic mass is 31.2. The summed E-state index contributed by atoms with van der Waals surface area (Å²) in [7, 11) is -3.28. The molecule has 0 aliphatic heterocycles. The summed E-state index contributed by atoms with van der Waals surface area (Å²) in [6, 6.07) is 26.6. The number of nitrogens with zero attached hydrogens (tertiary/aromatic N) is 2. The molecule has 0 aliphatic carbocycles. The lowest BCUT2D eigenvalue weighted by Crippen LogP contribution is -2.16. The highest BCUT2D eigenvalue weighted by Gasteiger charge is 2.25. The molecule has 4 aromatic rings. The number of rotatable bonds is 14. The number of unbranched alkanes of at least 4 members (excludes halogenated alkanes) is 2. The van der Waals surface area contributed by atoms with E-state index in [0.29, 0.717) is 24.6 Å². The minimum absolute atomic E-state index is 0.168. The van der Waals surface area contributed by atoms with Crippen molar-refractivity contribution in [1.82, 2.24) is 9.78 Å². The van der Waals surface area contributed by atoms with Crippen LogP contribution in [0.1, 0.15) is 55.5 Å². The average Bonchev–Trinajstić information content (AvgIpc) is 3.38. The van der Waals surface area contributed by atoms with E-state index in [1.165, 1.54) is 0 Å². The summed E-state index contributed by atoms with van der Waals surface area (Å²) in [5, 5.41) is 7.63. The van der Waals surface area contributed by atoms with Crippen LogP contribution in [0.4, 0.5) is 5.82 Å². The van der Waals surface area contributed by atoms with Crippen molar-refractivity contribution in [2.45, 2.75) is 45.7 Å². The molecule has 1 amide bonds. The summed E-state index contributed by atoms with van der Waals surface area (Å²) < 4.78 is 26.5. The van der Waals surface area contributed by atoms with Gasteiger partial charge in [0.15, 0.2) is 0 Å². The number of carbonyl (C=O) groups is 1. The zero-order chi connectivity index (χ0) is 27.5. The average molecular weight is 546 g/mol. The quantitative estimate of drug-likeness (QED) is 0.128. The maximum Gasteiger partial charge on any atom is 0.335 e. The predicted octanol–water partition coefficient (Wildman–Crippen LogP) is 8.12. The van der Waals surface area contributed by atoms with E-state index < -0.39 is 7.60 Å². The summed E-state index contributed by atoms with van der Waals surface area (Å²) in [5.41, 5.74) is 3.88. The summed E-state index contributed by atoms with van der Waals surface area (Å²) in [6.45, 7) is 4.93. The second-order valence-corrected chi connectivity index (χ2v) is 11.4. The molecule has 0 bridgehead atoms. The van der Waals surface area contributed by atoms with Crippen molar-refractivity contribution in [3.05, 3.63) is 102 Å². The number of anilines is 1. The fraction of sp³-hybridized carbons (Fsp3) is 0.290. The molecule has 7 nitrogen and oxygen atoms in total. The molecule has 0 fully saturated rings. The van der Waals surface area contributed by atoms with Crippen LogP contribution in [0.5, 0.6) is 0 Å². The number of benzene rings is 3. The Balaban J connectivity index is 1.53. The lowest BCUT2D eigenvalue weighted by molar-refractivity contribution is 0.102. The van der Waals surface area contributed by atoms with E-state index in [1.807, 2.05) is 60.7 Å². The summed E-state index contributed by atoms with van der Waals surface area (Å²) in [4.78, 5) is 13.4. The zero-order valence-corrected chi connectivity index (χ0v) is 23.5. The van der Waals surface area contributed by atoms with E-state index in [0.717, 1.165) is 48.1 Å². The van der Waals surface area contributed by atoms with Crippen LogP contribution >= 0.6 is 7.60 Å². The van der Waals surface area contributed by atoms with Crippen molar-refractivity contribution in [2.75, 3.05) is 18.5 Å². The summed E-state index contributed by atoms with van der Waals surface area (Å²) >= 11 is 0. The van der Waals surface area contributed by atoms with E-state index in [2.05, 4.69) is 24.3 Å². The van der Waals surface area contributed by atoms with Gasteiger partial charge in [0.05, 0.1) is 31.3 Å². The van der Waals surface area contributed by atoms with Gasteiger partial charge in [-0.05, 0) is 48.2 Å². The Bertz CT molecular complexity index is 1300. The van der Waals surface area contributed by atoms with Crippen molar-refractivity contribution in [3.8, 4) is 16.8 Å². The van der Waals surface area contributed by atoms with Crippen molar-refractivity contribution in [3.63, 3.8) is 0 Å². The molecule has 0 radical (unpaired) electrons. The first kappa shape index (κ1) is 28.5. The van der Waals surface area contributed by atoms with Crippen molar-refractivity contribution in [1.29, 1.82) is 0 Å². The van der Waals surface area contributed by atoms with Crippen LogP contribution in [0.2, 0.25) is 0 Å². The maximum absolute atomic E-state index is 13.4. The molecule has 4 rings (SSSR count). The van der Waals surface area contributed by atoms with Gasteiger partial charge in [-0.1, -0.05) is 87.4 Å². The zero-order valence-electron chi connectivity index (χ0n) is 22.6. The van der Waals surface area contributed by atoms with Crippen LogP contribution in [-0.4, -0.2) is 28.9 Å². The van der Waals surface area contributed by atoms with E-state index in [-0.39, 0.29) is 12.1 Å². The van der Waals surface area contributed by atoms with E-state index >= 15 is 0 Å². The highest BCUT2D eigenvalue weighted by Crippen LogP contribution is 2.51. The van der Waals surface area contributed by atoms with E-state index in [1.54, 1.807) is 35.1 Å². The van der Waals surface area contributed by atoms with Crippen LogP contribution in [-0.2, 0) is 19.8 Å². The Kier molecular flexibility index (Phi) is 10.3. The van der Waals surface area contributed by atoms with Crippen molar-refractivity contribution < 1.29 is 18.4 Å². The van der Waals surface area contributed by atoms with Gasteiger partial charge in [0.2, 0.25) is 0 Å². The number of amides is 1. The van der Waals surface area contributed by atoms with Crippen LogP contribution in [0.25, 0.3) is 16.8 Å². The monoisotopic (exact) mass is 545 g/mol. The summed E-state index contributed by atoms with van der Waals surface area (Å²) in [5.74, 6) is 0.317. The van der Waals surface area contributed by atoms with Crippen LogP contribution in [0, 0.1) is 0 Å². The maximum atomic E-state index is 13.4. The number of para-hydroxylation sites is 1. The van der Waals surface area contributed by atoms with Crippen molar-refractivity contribution in [2.24, 2.45) is 0 Å². The molecule has 0 spiro atoms. The van der Waals surface area contributed by atoms with Gasteiger partial charge in [0.1, 0.15) is 5.82 Å². The third kappa shape index (κ3) is 7.76. The minimum Gasteiger partial charge on any atom is -0.308 e. The predicted molar refractivity (Wildman–Crippen MR) is 156 cm³/mol. The third-order valence-electron chi connectivity index (χ3n) is 6.25. The number of hydrogen-bond acceptors (Lipinski definition) is 5. The van der Waals surface area contributed by atoms with Gasteiger partial charge in [-0.3, -0.25) is 9.36 Å². The standard InChI is InChI=1S/C31H36N3O4P/c1-3-5-21-37-39(36,38-22-6-4-2)24-25-17-19-27(20-18-25)31(35)33-30-29(26-13-9-7-10-14-26)23-32-34(30)28-15-11-8-12-16-28/h7-20,23H,3-6,21-22,24H2,1-2H3,(H,33,35). The molecule has 204 valence electrons. The Morgan fingerprint density at radius 2 is 1.44 bits per heavy atom. The molecule has 0 atom stereocenters. The highest BCUT2D eigenvalue weighted by molar-refractivity contribution is 7.53. The van der Waals surface area contributed by atoms with Gasteiger partial charge >= 0.3 is 7.60 Å². The molecular formula is C31H36N3O4P. The normalized spacial score (nSPS) is 11.4. The van der Waals surface area contributed by atoms with Gasteiger partial charge in [0.25, 0.3) is 5.91 Å². The fourth-order valence-corrected chi connectivity index (χ4v) is 5.78. The second-order valence-electron chi connectivity index (χ2n) is 9.31. The SMILES string of the molecule is CCCCOP(=O)(Cc1ccc(C(=O)Nc2c(-c3ccccc3)cnn2-c2ccccc2)cc1)OCCCC. The Morgan fingerprint density at radius 3 is 2.03 bits per heavy atom. The molecule has 0 saturated heterocycles. The van der Waals surface area contributed by atoms with Crippen LogP contribution < -0.4 is 5.32 Å². The van der Waals surface area contributed by atoms with Crippen LogP contribution in [0.3, 0.4) is 0 Å². The van der Waals surface area contributed by atoms with E-state index in [4.69, 9.17) is 9.05 Å². The third-order valence-corrected chi connectivity index (χ3v) is 8.16. The first-order valence-corrected chi connectivity index (χ1v) is 15.2. The van der Waals surface area contributed by atoms with Gasteiger partial charge in [-0.15, -0.1) is 0 Å². The molecule has 0 aliphatic rings. The molecule has 8 heteroatoms. The first-order valence-electron chi connectivity index (χ1n) is 13.5. The molecule has 3 aromatic carbocycles. The molecule has 39 heavy (non-hydrogen) atoms. The molecule has 0 saturated carbocycles. The number of hydrogen-bond donors (Lipinski definition) is 1. The lowest BCUT2D eigenvalue weighted by Gasteiger charge is -2.19. The Labute approximate surface area is 230 Å². The van der Waals surface area contributed by atoms with Gasteiger partial charge in [0, 0.05) is 11.1 Å². The lowest BCUT2D eigenvalue weighted by atomic mass is 10.1. The van der Waals surface area contributed by atoms with E-state index in [9.17, 15) is 9.36 Å². The second kappa shape index (κ2) is 14.0. The van der Waals surface area contributed by atoms with Gasteiger partial charge in [-0.2, -0.15) is 5.10 Å². The Hall–Kier alpha value is -3.51. The Morgan fingerprint density at radius 1 is 0.846 bits per heavy atom.